The molecule has 1 aliphatic rings. The quantitative estimate of drug-likeness (QED) is 0.810. The molecule has 1 saturated heterocycles. The van der Waals surface area contributed by atoms with Crippen molar-refractivity contribution in [3.05, 3.63) is 53.9 Å². The Balaban J connectivity index is 1.75. The van der Waals surface area contributed by atoms with E-state index in [0.29, 0.717) is 0 Å². The lowest BCUT2D eigenvalue weighted by atomic mass is 9.84. The van der Waals surface area contributed by atoms with Gasteiger partial charge in [-0.25, -0.2) is 8.51 Å². The Bertz CT molecular complexity index is 761. The topological polar surface area (TPSA) is 34.5 Å². The Morgan fingerprint density at radius 2 is 1.88 bits per heavy atom. The van der Waals surface area contributed by atoms with Crippen molar-refractivity contribution in [2.75, 3.05) is 13.7 Å². The summed E-state index contributed by atoms with van der Waals surface area (Å²) >= 11 is 0. The first-order valence-electron chi connectivity index (χ1n) is 8.73. The van der Waals surface area contributed by atoms with E-state index in [1.165, 1.54) is 11.1 Å². The normalized spacial score (nSPS) is 22.4. The van der Waals surface area contributed by atoms with Crippen LogP contribution in [0.3, 0.4) is 0 Å². The molecule has 0 radical (unpaired) electrons. The van der Waals surface area contributed by atoms with Crippen LogP contribution in [0.2, 0.25) is 0 Å². The van der Waals surface area contributed by atoms with Crippen molar-refractivity contribution in [3.63, 3.8) is 0 Å². The molecule has 4 nitrogen and oxygen atoms in total. The van der Waals surface area contributed by atoms with Crippen LogP contribution in [0.4, 0.5) is 0 Å². The van der Waals surface area contributed by atoms with Gasteiger partial charge in [0.15, 0.2) is 0 Å². The van der Waals surface area contributed by atoms with Gasteiger partial charge < -0.3 is 9.30 Å². The largest absolute Gasteiger partial charge is 0.497 e. The maximum atomic E-state index is 12.8. The molecule has 136 valence electrons. The molecule has 0 aliphatic carbocycles. The molecule has 2 aromatic rings. The Labute approximate surface area is 153 Å². The second-order valence-corrected chi connectivity index (χ2v) is 10.1. The van der Waals surface area contributed by atoms with E-state index in [1.807, 2.05) is 32.9 Å². The highest BCUT2D eigenvalue weighted by atomic mass is 32.2. The van der Waals surface area contributed by atoms with Gasteiger partial charge in [-0.05, 0) is 63.4 Å². The Morgan fingerprint density at radius 1 is 1.20 bits per heavy atom. The number of hydrogen-bond donors (Lipinski definition) is 0. The van der Waals surface area contributed by atoms with Gasteiger partial charge in [0.05, 0.1) is 17.4 Å². The van der Waals surface area contributed by atoms with Crippen LogP contribution in [-0.4, -0.2) is 31.5 Å². The molecule has 1 unspecified atom stereocenters. The number of benzene rings is 1. The molecule has 0 saturated carbocycles. The summed E-state index contributed by atoms with van der Waals surface area (Å²) in [6.45, 7) is 10.0. The fourth-order valence-electron chi connectivity index (χ4n) is 3.22. The van der Waals surface area contributed by atoms with Crippen molar-refractivity contribution in [2.45, 2.75) is 50.9 Å². The van der Waals surface area contributed by atoms with E-state index in [-0.39, 0.29) is 10.3 Å². The molecule has 1 aliphatic heterocycles. The molecule has 3 rings (SSSR count). The van der Waals surface area contributed by atoms with E-state index >= 15 is 0 Å². The van der Waals surface area contributed by atoms with Crippen LogP contribution in [0, 0.1) is 0 Å². The molecule has 0 spiro atoms. The van der Waals surface area contributed by atoms with Crippen LogP contribution >= 0.6 is 0 Å². The first-order valence-corrected chi connectivity index (χ1v) is 9.83. The van der Waals surface area contributed by atoms with Gasteiger partial charge in [-0.15, -0.1) is 0 Å². The van der Waals surface area contributed by atoms with Crippen molar-refractivity contribution in [3.8, 4) is 5.75 Å². The third kappa shape index (κ3) is 3.53. The summed E-state index contributed by atoms with van der Waals surface area (Å²) in [5.41, 5.74) is 2.34. The third-order valence-electron chi connectivity index (χ3n) is 4.97. The van der Waals surface area contributed by atoms with Gasteiger partial charge in [-0.1, -0.05) is 12.1 Å². The zero-order valence-electron chi connectivity index (χ0n) is 15.8. The van der Waals surface area contributed by atoms with Crippen LogP contribution in [0.5, 0.6) is 5.75 Å². The lowest BCUT2D eigenvalue weighted by Crippen LogP contribution is -2.58. The second kappa shape index (κ2) is 6.61. The van der Waals surface area contributed by atoms with Gasteiger partial charge in [0, 0.05) is 25.5 Å². The highest BCUT2D eigenvalue weighted by Gasteiger charge is 2.48. The summed E-state index contributed by atoms with van der Waals surface area (Å²) in [6.07, 6.45) is 5.35. The van der Waals surface area contributed by atoms with E-state index in [2.05, 4.69) is 46.4 Å². The van der Waals surface area contributed by atoms with Crippen LogP contribution < -0.4 is 4.74 Å². The van der Waals surface area contributed by atoms with E-state index in [9.17, 15) is 4.21 Å². The summed E-state index contributed by atoms with van der Waals surface area (Å²) in [4.78, 5) is 0. The van der Waals surface area contributed by atoms with Crippen molar-refractivity contribution < 1.29 is 8.95 Å². The number of methoxy groups -OCH3 is 1. The summed E-state index contributed by atoms with van der Waals surface area (Å²) in [6, 6.07) is 10.3. The van der Waals surface area contributed by atoms with Gasteiger partial charge in [0.25, 0.3) is 0 Å². The van der Waals surface area contributed by atoms with Crippen molar-refractivity contribution in [1.29, 1.82) is 0 Å². The maximum Gasteiger partial charge on any atom is 0.118 e. The second-order valence-electron chi connectivity index (χ2n) is 7.91. The van der Waals surface area contributed by atoms with Gasteiger partial charge in [-0.3, -0.25) is 0 Å². The first kappa shape index (κ1) is 18.2. The minimum atomic E-state index is -0.987. The molecule has 1 fully saturated rings. The Morgan fingerprint density at radius 3 is 2.40 bits per heavy atom. The van der Waals surface area contributed by atoms with Crippen LogP contribution in [0.1, 0.15) is 45.2 Å². The Kier molecular flexibility index (Phi) is 4.82. The molecule has 25 heavy (non-hydrogen) atoms. The molecule has 2 heterocycles. The molecule has 5 heteroatoms. The predicted molar refractivity (Wildman–Crippen MR) is 103 cm³/mol. The lowest BCUT2D eigenvalue weighted by molar-refractivity contribution is 0.0935. The van der Waals surface area contributed by atoms with E-state index in [4.69, 9.17) is 4.74 Å². The summed E-state index contributed by atoms with van der Waals surface area (Å²) in [7, 11) is 0.693. The highest BCUT2D eigenvalue weighted by Crippen LogP contribution is 2.43. The molecule has 0 amide bonds. The van der Waals surface area contributed by atoms with E-state index < -0.39 is 11.0 Å². The summed E-state index contributed by atoms with van der Waals surface area (Å²) in [5, 5.41) is 0. The molecular weight excluding hydrogens is 332 g/mol. The summed E-state index contributed by atoms with van der Waals surface area (Å²) < 4.78 is 22.1. The monoisotopic (exact) mass is 360 g/mol. The van der Waals surface area contributed by atoms with Crippen LogP contribution in [0.25, 0.3) is 0 Å². The lowest BCUT2D eigenvalue weighted by Gasteiger charge is -2.51. The molecular formula is C20H28N2O2S. The fourth-order valence-corrected chi connectivity index (χ4v) is 4.70. The average molecular weight is 361 g/mol. The maximum absolute atomic E-state index is 12.8. The molecule has 0 N–H and O–H groups in total. The first-order chi connectivity index (χ1) is 11.7. The molecule has 2 atom stereocenters. The zero-order valence-corrected chi connectivity index (χ0v) is 16.6. The number of nitrogens with zero attached hydrogens (tertiary/aromatic N) is 2. The molecule has 0 bridgehead atoms. The standard InChI is InChI=1S/C20H28N2O2S/c1-19(2,3)25(23)22-13-11-20(22,4)17-10-12-21(15-17)14-16-6-8-18(24-5)9-7-16/h6-10,12,15H,11,13-14H2,1-5H3/t20?,25-/m0/s1. The minimum absolute atomic E-state index is 0.136. The minimum Gasteiger partial charge on any atom is -0.497 e. The van der Waals surface area contributed by atoms with E-state index in [1.54, 1.807) is 7.11 Å². The number of aromatic nitrogens is 1. The zero-order chi connectivity index (χ0) is 18.2. The van der Waals surface area contributed by atoms with Crippen LogP contribution in [-0.2, 0) is 23.1 Å². The van der Waals surface area contributed by atoms with Crippen LogP contribution in [0.15, 0.2) is 42.7 Å². The Hall–Kier alpha value is -1.59. The smallest absolute Gasteiger partial charge is 0.118 e. The number of ether oxygens (including phenoxy) is 1. The predicted octanol–water partition coefficient (Wildman–Crippen LogP) is 3.93. The SMILES string of the molecule is COc1ccc(Cn2ccc(C3(C)CCN3[S@@](=O)C(C)(C)C)c2)cc1. The van der Waals surface area contributed by atoms with Gasteiger partial charge >= 0.3 is 0 Å². The highest BCUT2D eigenvalue weighted by molar-refractivity contribution is 7.84. The van der Waals surface area contributed by atoms with Gasteiger partial charge in [0.1, 0.15) is 16.7 Å². The fraction of sp³-hybridized carbons (Fsp3) is 0.500. The van der Waals surface area contributed by atoms with Crippen molar-refractivity contribution in [2.24, 2.45) is 0 Å². The number of rotatable bonds is 5. The summed E-state index contributed by atoms with van der Waals surface area (Å²) in [5.74, 6) is 0.874. The van der Waals surface area contributed by atoms with E-state index in [0.717, 1.165) is 25.3 Å². The number of hydrogen-bond acceptors (Lipinski definition) is 2. The third-order valence-corrected chi connectivity index (χ3v) is 7.01. The van der Waals surface area contributed by atoms with Crippen molar-refractivity contribution >= 4 is 11.0 Å². The van der Waals surface area contributed by atoms with Gasteiger partial charge in [-0.2, -0.15) is 0 Å². The van der Waals surface area contributed by atoms with Crippen molar-refractivity contribution in [1.82, 2.24) is 8.87 Å². The molecule has 1 aromatic heterocycles. The molecule has 1 aromatic carbocycles. The average Bonchev–Trinajstić information content (AvgIpc) is 3.01. The van der Waals surface area contributed by atoms with Gasteiger partial charge in [0.2, 0.25) is 0 Å².